The number of nitrogens with zero attached hydrogens (tertiary/aromatic N) is 3. The number of furan rings is 2. The van der Waals surface area contributed by atoms with Gasteiger partial charge in [0.25, 0.3) is 0 Å². The predicted molar refractivity (Wildman–Crippen MR) is 249 cm³/mol. The Morgan fingerprint density at radius 2 is 0.836 bits per heavy atom. The summed E-state index contributed by atoms with van der Waals surface area (Å²) >= 11 is 0. The van der Waals surface area contributed by atoms with E-state index in [2.05, 4.69) is 161 Å². The molecule has 3 heterocycles. The molecule has 3 aromatic heterocycles. The lowest BCUT2D eigenvalue weighted by atomic mass is 10.0. The minimum atomic E-state index is 0.542. The fraction of sp³-hybridized carbons (Fsp3) is 0. The molecule has 0 unspecified atom stereocenters. The Bertz CT molecular complexity index is 3550. The summed E-state index contributed by atoms with van der Waals surface area (Å²) in [5, 5.41) is 4.19. The zero-order valence-corrected chi connectivity index (χ0v) is 32.8. The summed E-state index contributed by atoms with van der Waals surface area (Å²) < 4.78 is 19.5. The first-order chi connectivity index (χ1) is 30.2. The highest BCUT2D eigenvalue weighted by atomic mass is 16.4. The molecule has 0 saturated carbocycles. The van der Waals surface area contributed by atoms with Gasteiger partial charge < -0.3 is 23.1 Å². The van der Waals surface area contributed by atoms with Gasteiger partial charge in [0, 0.05) is 49.7 Å². The van der Waals surface area contributed by atoms with Crippen LogP contribution in [0.15, 0.2) is 226 Å². The van der Waals surface area contributed by atoms with Gasteiger partial charge >= 0.3 is 0 Å². The Morgan fingerprint density at radius 1 is 0.328 bits per heavy atom. The highest BCUT2D eigenvalue weighted by molar-refractivity contribution is 6.09. The Hall–Kier alpha value is -8.35. The smallest absolute Gasteiger partial charge is 0.227 e. The maximum Gasteiger partial charge on any atom is 0.227 e. The fourth-order valence-corrected chi connectivity index (χ4v) is 8.67. The molecule has 0 spiro atoms. The maximum absolute atomic E-state index is 6.88. The van der Waals surface area contributed by atoms with Gasteiger partial charge in [0.2, 0.25) is 5.89 Å². The van der Waals surface area contributed by atoms with Gasteiger partial charge in [-0.25, -0.2) is 4.98 Å². The average molecular weight is 786 g/mol. The van der Waals surface area contributed by atoms with E-state index in [1.165, 1.54) is 0 Å². The van der Waals surface area contributed by atoms with Crippen LogP contribution in [0.25, 0.3) is 77.6 Å². The third kappa shape index (κ3) is 5.92. The molecule has 0 bridgehead atoms. The predicted octanol–water partition coefficient (Wildman–Crippen LogP) is 15.9. The first-order valence-corrected chi connectivity index (χ1v) is 20.4. The molecule has 0 aliphatic carbocycles. The summed E-state index contributed by atoms with van der Waals surface area (Å²) in [6.45, 7) is 0. The van der Waals surface area contributed by atoms with Crippen LogP contribution in [0, 0.1) is 0 Å². The summed E-state index contributed by atoms with van der Waals surface area (Å²) in [6, 6.07) is 73.3. The van der Waals surface area contributed by atoms with Crippen molar-refractivity contribution in [2.45, 2.75) is 0 Å². The molecule has 0 aliphatic rings. The molecule has 12 aromatic rings. The molecule has 9 aromatic carbocycles. The van der Waals surface area contributed by atoms with E-state index < -0.39 is 0 Å². The summed E-state index contributed by atoms with van der Waals surface area (Å²) in [6.07, 6.45) is 0. The van der Waals surface area contributed by atoms with Gasteiger partial charge in [0.15, 0.2) is 5.58 Å². The Labute approximate surface area is 350 Å². The molecule has 0 saturated heterocycles. The molecule has 0 amide bonds. The molecular weight excluding hydrogens is 751 g/mol. The van der Waals surface area contributed by atoms with Gasteiger partial charge in [-0.15, -0.1) is 0 Å². The Kier molecular flexibility index (Phi) is 8.06. The van der Waals surface area contributed by atoms with Crippen LogP contribution < -0.4 is 9.80 Å². The van der Waals surface area contributed by atoms with Crippen LogP contribution in [0.3, 0.4) is 0 Å². The first kappa shape index (κ1) is 34.7. The topological polar surface area (TPSA) is 58.8 Å². The molecular formula is C55H35N3O3. The van der Waals surface area contributed by atoms with Crippen LogP contribution in [-0.2, 0) is 0 Å². The first-order valence-electron chi connectivity index (χ1n) is 20.4. The van der Waals surface area contributed by atoms with Gasteiger partial charge in [0.05, 0.1) is 17.1 Å². The van der Waals surface area contributed by atoms with Gasteiger partial charge in [0.1, 0.15) is 27.8 Å². The lowest BCUT2D eigenvalue weighted by Crippen LogP contribution is -2.14. The monoisotopic (exact) mass is 785 g/mol. The van der Waals surface area contributed by atoms with Crippen molar-refractivity contribution in [3.05, 3.63) is 212 Å². The van der Waals surface area contributed by atoms with Crippen molar-refractivity contribution in [2.75, 3.05) is 9.80 Å². The maximum atomic E-state index is 6.88. The van der Waals surface area contributed by atoms with Gasteiger partial charge in [-0.2, -0.15) is 0 Å². The Balaban J connectivity index is 1.16. The molecule has 288 valence electrons. The zero-order chi connectivity index (χ0) is 40.3. The molecule has 6 heteroatoms. The summed E-state index contributed by atoms with van der Waals surface area (Å²) in [5.74, 6) is 0.542. The number of para-hydroxylation sites is 4. The quantitative estimate of drug-likeness (QED) is 0.153. The number of hydrogen-bond acceptors (Lipinski definition) is 6. The van der Waals surface area contributed by atoms with E-state index in [4.69, 9.17) is 18.2 Å². The largest absolute Gasteiger partial charge is 0.456 e. The van der Waals surface area contributed by atoms with E-state index in [1.807, 2.05) is 60.7 Å². The van der Waals surface area contributed by atoms with Crippen molar-refractivity contribution in [3.63, 3.8) is 0 Å². The normalized spacial score (nSPS) is 11.6. The highest BCUT2D eigenvalue weighted by Crippen LogP contribution is 2.48. The van der Waals surface area contributed by atoms with Crippen LogP contribution in [0.1, 0.15) is 0 Å². The number of benzene rings is 9. The van der Waals surface area contributed by atoms with Crippen molar-refractivity contribution < 1.29 is 13.3 Å². The van der Waals surface area contributed by atoms with Crippen LogP contribution in [-0.4, -0.2) is 4.98 Å². The second-order valence-corrected chi connectivity index (χ2v) is 15.1. The van der Waals surface area contributed by atoms with Crippen molar-refractivity contribution in [2.24, 2.45) is 0 Å². The summed E-state index contributed by atoms with van der Waals surface area (Å²) in [7, 11) is 0. The van der Waals surface area contributed by atoms with Crippen LogP contribution in [0.5, 0.6) is 0 Å². The lowest BCUT2D eigenvalue weighted by molar-refractivity contribution is 0.620. The minimum absolute atomic E-state index is 0.542. The molecule has 0 fully saturated rings. The number of anilines is 6. The van der Waals surface area contributed by atoms with Gasteiger partial charge in [-0.3, -0.25) is 0 Å². The lowest BCUT2D eigenvalue weighted by Gasteiger charge is -2.30. The average Bonchev–Trinajstić information content (AvgIpc) is 4.04. The van der Waals surface area contributed by atoms with Crippen LogP contribution >= 0.6 is 0 Å². The molecule has 6 nitrogen and oxygen atoms in total. The van der Waals surface area contributed by atoms with Crippen molar-refractivity contribution in [1.82, 2.24) is 4.98 Å². The SMILES string of the molecule is c1ccc(-c2nc3cc(N(c4ccc5oc6ccccc6c5c4)c4ccccc4-c4ccccc4)cc(N(c4ccccc4)c4ccc5oc6ccccc6c5c4)c3o2)cc1. The van der Waals surface area contributed by atoms with E-state index in [0.717, 1.165) is 100 Å². The van der Waals surface area contributed by atoms with E-state index in [1.54, 1.807) is 0 Å². The Morgan fingerprint density at radius 3 is 1.48 bits per heavy atom. The van der Waals surface area contributed by atoms with Gasteiger partial charge in [-0.05, 0) is 96.6 Å². The molecule has 61 heavy (non-hydrogen) atoms. The standard InChI is InChI=1S/C55H35N3O3/c1-4-16-36(17-5-1)42-22-10-13-25-48(42)58(40-29-31-53-46(33-40)44-24-12-15-27-51(44)60-53)41-34-47-54(61-55(56-47)37-18-6-2-7-19-37)49(35-41)57(38-20-8-3-9-21-38)39-28-30-52-45(32-39)43-23-11-14-26-50(43)59-52/h1-35H. The van der Waals surface area contributed by atoms with E-state index in [-0.39, 0.29) is 0 Å². The van der Waals surface area contributed by atoms with Crippen LogP contribution in [0.4, 0.5) is 34.1 Å². The second kappa shape index (κ2) is 14.2. The summed E-state index contributed by atoms with van der Waals surface area (Å²) in [4.78, 5) is 9.84. The van der Waals surface area contributed by atoms with Crippen molar-refractivity contribution in [1.29, 1.82) is 0 Å². The highest BCUT2D eigenvalue weighted by Gasteiger charge is 2.26. The third-order valence-electron chi connectivity index (χ3n) is 11.5. The third-order valence-corrected chi connectivity index (χ3v) is 11.5. The van der Waals surface area contributed by atoms with E-state index in [0.29, 0.717) is 11.5 Å². The molecule has 0 atom stereocenters. The van der Waals surface area contributed by atoms with Crippen molar-refractivity contribution >= 4 is 89.1 Å². The number of rotatable bonds is 8. The van der Waals surface area contributed by atoms with E-state index >= 15 is 0 Å². The van der Waals surface area contributed by atoms with Crippen molar-refractivity contribution in [3.8, 4) is 22.6 Å². The van der Waals surface area contributed by atoms with Crippen LogP contribution in [0.2, 0.25) is 0 Å². The fourth-order valence-electron chi connectivity index (χ4n) is 8.67. The number of oxazole rings is 1. The number of hydrogen-bond donors (Lipinski definition) is 0. The molecule has 0 radical (unpaired) electrons. The number of fused-ring (bicyclic) bond motifs is 7. The zero-order valence-electron chi connectivity index (χ0n) is 32.8. The van der Waals surface area contributed by atoms with E-state index in [9.17, 15) is 0 Å². The number of aromatic nitrogens is 1. The van der Waals surface area contributed by atoms with Gasteiger partial charge in [-0.1, -0.05) is 121 Å². The molecule has 0 N–H and O–H groups in total. The molecule has 12 rings (SSSR count). The minimum Gasteiger partial charge on any atom is -0.456 e. The second-order valence-electron chi connectivity index (χ2n) is 15.1. The summed E-state index contributed by atoms with van der Waals surface area (Å²) in [5.41, 5.74) is 13.5. The molecule has 0 aliphatic heterocycles.